The maximum Gasteiger partial charge on any atom is 0.242 e. The Morgan fingerprint density at radius 1 is 0.966 bits per heavy atom. The average molecular weight is 459 g/mol. The van der Waals surface area contributed by atoms with E-state index in [4.69, 9.17) is 0 Å². The fourth-order valence-corrected chi connectivity index (χ4v) is 3.28. The van der Waals surface area contributed by atoms with E-state index in [-0.39, 0.29) is 18.2 Å². The van der Waals surface area contributed by atoms with Gasteiger partial charge in [-0.15, -0.1) is 0 Å². The fourth-order valence-electron chi connectivity index (χ4n) is 3.01. The summed E-state index contributed by atoms with van der Waals surface area (Å²) in [5.41, 5.74) is 4.32. The summed E-state index contributed by atoms with van der Waals surface area (Å²) >= 11 is 3.44. The number of carbonyl (C=O) groups excluding carboxylic acids is 2. The first kappa shape index (κ1) is 23.1. The Labute approximate surface area is 182 Å². The second kappa shape index (κ2) is 10.6. The van der Waals surface area contributed by atoms with Crippen molar-refractivity contribution in [3.8, 4) is 0 Å². The Bertz CT molecular complexity index is 846. The van der Waals surface area contributed by atoms with Crippen molar-refractivity contribution in [1.82, 2.24) is 10.2 Å². The molecule has 1 N–H and O–H groups in total. The Morgan fingerprint density at radius 2 is 1.59 bits per heavy atom. The zero-order valence-electron chi connectivity index (χ0n) is 18.0. The Balaban J connectivity index is 2.21. The molecule has 0 aromatic heterocycles. The van der Waals surface area contributed by atoms with Gasteiger partial charge >= 0.3 is 0 Å². The highest BCUT2D eigenvalue weighted by Gasteiger charge is 2.26. The van der Waals surface area contributed by atoms with Crippen LogP contribution in [-0.2, 0) is 22.6 Å². The smallest absolute Gasteiger partial charge is 0.242 e. The molecule has 0 saturated carbocycles. The lowest BCUT2D eigenvalue weighted by Crippen LogP contribution is -2.48. The summed E-state index contributed by atoms with van der Waals surface area (Å²) in [7, 11) is 0. The molecule has 0 fully saturated rings. The van der Waals surface area contributed by atoms with E-state index in [1.165, 1.54) is 5.56 Å². The van der Waals surface area contributed by atoms with Crippen molar-refractivity contribution in [2.75, 3.05) is 6.54 Å². The molecule has 0 heterocycles. The first-order chi connectivity index (χ1) is 13.7. The van der Waals surface area contributed by atoms with Gasteiger partial charge in [0.25, 0.3) is 0 Å². The molecule has 5 heteroatoms. The molecular weight excluding hydrogens is 428 g/mol. The summed E-state index contributed by atoms with van der Waals surface area (Å²) in [6.07, 6.45) is 0.277. The van der Waals surface area contributed by atoms with Crippen LogP contribution in [0.5, 0.6) is 0 Å². The van der Waals surface area contributed by atoms with Gasteiger partial charge in [-0.25, -0.2) is 0 Å². The van der Waals surface area contributed by atoms with Crippen LogP contribution in [0, 0.1) is 19.8 Å². The van der Waals surface area contributed by atoms with E-state index in [1.807, 2.05) is 43.3 Å². The van der Waals surface area contributed by atoms with Gasteiger partial charge in [0, 0.05) is 17.6 Å². The van der Waals surface area contributed by atoms with Crippen LogP contribution >= 0.6 is 15.9 Å². The van der Waals surface area contributed by atoms with Gasteiger partial charge < -0.3 is 10.2 Å². The van der Waals surface area contributed by atoms with Gasteiger partial charge in [0.1, 0.15) is 6.04 Å². The van der Waals surface area contributed by atoms with Gasteiger partial charge in [-0.3, -0.25) is 9.59 Å². The van der Waals surface area contributed by atoms with Crippen LogP contribution in [0.15, 0.2) is 46.9 Å². The van der Waals surface area contributed by atoms with E-state index in [2.05, 4.69) is 48.1 Å². The van der Waals surface area contributed by atoms with Crippen LogP contribution < -0.4 is 5.32 Å². The number of amides is 2. The highest BCUT2D eigenvalue weighted by Crippen LogP contribution is 2.17. The van der Waals surface area contributed by atoms with Crippen molar-refractivity contribution in [2.24, 2.45) is 5.92 Å². The van der Waals surface area contributed by atoms with Gasteiger partial charge in [0.05, 0.1) is 6.42 Å². The van der Waals surface area contributed by atoms with E-state index < -0.39 is 6.04 Å². The van der Waals surface area contributed by atoms with E-state index in [9.17, 15) is 9.59 Å². The third-order valence-electron chi connectivity index (χ3n) is 5.04. The molecule has 1 atom stereocenters. The number of benzene rings is 2. The van der Waals surface area contributed by atoms with Crippen molar-refractivity contribution in [2.45, 2.75) is 53.6 Å². The molecule has 0 spiro atoms. The van der Waals surface area contributed by atoms with Gasteiger partial charge in [-0.2, -0.15) is 0 Å². The highest BCUT2D eigenvalue weighted by molar-refractivity contribution is 9.10. The van der Waals surface area contributed by atoms with Crippen LogP contribution in [0.4, 0.5) is 0 Å². The fraction of sp³-hybridized carbons (Fsp3) is 0.417. The largest absolute Gasteiger partial charge is 0.354 e. The minimum absolute atomic E-state index is 0.0524. The van der Waals surface area contributed by atoms with Crippen LogP contribution in [0.3, 0.4) is 0 Å². The maximum absolute atomic E-state index is 13.2. The average Bonchev–Trinajstić information content (AvgIpc) is 2.67. The molecule has 2 amide bonds. The highest BCUT2D eigenvalue weighted by atomic mass is 79.9. The maximum atomic E-state index is 13.2. The summed E-state index contributed by atoms with van der Waals surface area (Å²) in [5.74, 6) is 0.185. The van der Waals surface area contributed by atoms with Crippen molar-refractivity contribution in [3.63, 3.8) is 0 Å². The summed E-state index contributed by atoms with van der Waals surface area (Å²) in [6.45, 7) is 11.0. The molecule has 0 aliphatic carbocycles. The normalized spacial score (nSPS) is 12.0. The van der Waals surface area contributed by atoms with E-state index >= 15 is 0 Å². The molecule has 2 rings (SSSR count). The van der Waals surface area contributed by atoms with Crippen LogP contribution in [-0.4, -0.2) is 29.3 Å². The summed E-state index contributed by atoms with van der Waals surface area (Å²) in [4.78, 5) is 27.6. The zero-order chi connectivity index (χ0) is 21.6. The first-order valence-corrected chi connectivity index (χ1v) is 10.8. The molecule has 4 nitrogen and oxygen atoms in total. The number of nitrogens with one attached hydrogen (secondary N) is 1. The molecule has 29 heavy (non-hydrogen) atoms. The number of nitrogens with zero attached hydrogens (tertiary/aromatic N) is 1. The number of hydrogen-bond donors (Lipinski definition) is 1. The van der Waals surface area contributed by atoms with E-state index in [0.29, 0.717) is 19.0 Å². The SMILES string of the molecule is Cc1ccc(CC(=O)N(Cc2ccc(Br)cc2)[C@@H](C)C(=O)NCC(C)C)cc1C. The van der Waals surface area contributed by atoms with Crippen LogP contribution in [0.25, 0.3) is 0 Å². The molecule has 0 aliphatic heterocycles. The minimum Gasteiger partial charge on any atom is -0.354 e. The number of rotatable bonds is 8. The molecule has 2 aromatic carbocycles. The van der Waals surface area contributed by atoms with Gasteiger partial charge in [0.2, 0.25) is 11.8 Å². The Hall–Kier alpha value is -2.14. The van der Waals surface area contributed by atoms with Crippen molar-refractivity contribution in [3.05, 3.63) is 69.2 Å². The molecule has 0 aliphatic rings. The molecule has 0 bridgehead atoms. The number of halogens is 1. The van der Waals surface area contributed by atoms with Crippen LogP contribution in [0.1, 0.15) is 43.0 Å². The second-order valence-electron chi connectivity index (χ2n) is 8.06. The predicted molar refractivity (Wildman–Crippen MR) is 122 cm³/mol. The van der Waals surface area contributed by atoms with Crippen molar-refractivity contribution in [1.29, 1.82) is 0 Å². The monoisotopic (exact) mass is 458 g/mol. The van der Waals surface area contributed by atoms with Crippen LogP contribution in [0.2, 0.25) is 0 Å². The Morgan fingerprint density at radius 3 is 2.17 bits per heavy atom. The lowest BCUT2D eigenvalue weighted by Gasteiger charge is -2.29. The van der Waals surface area contributed by atoms with Gasteiger partial charge in [-0.05, 0) is 61.1 Å². The number of hydrogen-bond acceptors (Lipinski definition) is 2. The topological polar surface area (TPSA) is 49.4 Å². The Kier molecular flexibility index (Phi) is 8.45. The van der Waals surface area contributed by atoms with E-state index in [1.54, 1.807) is 11.8 Å². The molecule has 0 unspecified atom stereocenters. The standard InChI is InChI=1S/C24H31BrN2O2/c1-16(2)14-26-24(29)19(5)27(15-20-8-10-22(25)11-9-20)23(28)13-21-7-6-17(3)18(4)12-21/h6-12,16,19H,13-15H2,1-5H3,(H,26,29)/t19-/m0/s1. The summed E-state index contributed by atoms with van der Waals surface area (Å²) in [5, 5.41) is 2.95. The lowest BCUT2D eigenvalue weighted by atomic mass is 10.0. The first-order valence-electron chi connectivity index (χ1n) is 10.0. The summed E-state index contributed by atoms with van der Waals surface area (Å²) < 4.78 is 0.983. The lowest BCUT2D eigenvalue weighted by molar-refractivity contribution is -0.140. The van der Waals surface area contributed by atoms with Gasteiger partial charge in [0.15, 0.2) is 0 Å². The molecule has 0 radical (unpaired) electrons. The second-order valence-corrected chi connectivity index (χ2v) is 8.97. The third kappa shape index (κ3) is 7.00. The van der Waals surface area contributed by atoms with Crippen molar-refractivity contribution < 1.29 is 9.59 Å². The third-order valence-corrected chi connectivity index (χ3v) is 5.57. The molecule has 156 valence electrons. The quantitative estimate of drug-likeness (QED) is 0.617. The van der Waals surface area contributed by atoms with E-state index in [0.717, 1.165) is 21.2 Å². The molecule has 2 aromatic rings. The minimum atomic E-state index is -0.545. The summed E-state index contributed by atoms with van der Waals surface area (Å²) in [6, 6.07) is 13.4. The predicted octanol–water partition coefficient (Wildman–Crippen LogP) is 4.80. The van der Waals surface area contributed by atoms with Crippen molar-refractivity contribution >= 4 is 27.7 Å². The molecule has 0 saturated heterocycles. The van der Waals surface area contributed by atoms with Gasteiger partial charge in [-0.1, -0.05) is 60.1 Å². The number of carbonyl (C=O) groups is 2. The molecular formula is C24H31BrN2O2. The zero-order valence-corrected chi connectivity index (χ0v) is 19.5. The number of aryl methyl sites for hydroxylation is 2.